The number of aryl methyl sites for hydroxylation is 1. The highest BCUT2D eigenvalue weighted by Gasteiger charge is 2.60. The van der Waals surface area contributed by atoms with E-state index >= 15 is 0 Å². The molecular weight excluding hydrogens is 524 g/mol. The van der Waals surface area contributed by atoms with Gasteiger partial charge in [0.05, 0.1) is 11.0 Å². The molecule has 3 nitrogen and oxygen atoms in total. The number of nitrogens with one attached hydrogen (secondary N) is 1. The highest BCUT2D eigenvalue weighted by molar-refractivity contribution is 8.00. The van der Waals surface area contributed by atoms with Crippen molar-refractivity contribution < 1.29 is 18.0 Å². The zero-order valence-electron chi connectivity index (χ0n) is 18.9. The number of rotatable bonds is 8. The van der Waals surface area contributed by atoms with Crippen LogP contribution in [0.5, 0.6) is 0 Å². The van der Waals surface area contributed by atoms with Crippen molar-refractivity contribution in [3.05, 3.63) is 68.7 Å². The molecule has 10 heteroatoms. The molecule has 0 aromatic heterocycles. The van der Waals surface area contributed by atoms with Crippen LogP contribution >= 0.6 is 46.9 Å². The first kappa shape index (κ1) is 27.2. The Morgan fingerprint density at radius 1 is 1.21 bits per heavy atom. The molecule has 0 spiro atoms. The van der Waals surface area contributed by atoms with Gasteiger partial charge >= 0.3 is 6.18 Å². The first-order valence-electron chi connectivity index (χ1n) is 10.8. The van der Waals surface area contributed by atoms with Crippen LogP contribution in [0.25, 0.3) is 0 Å². The van der Waals surface area contributed by atoms with Gasteiger partial charge in [0.25, 0.3) is 0 Å². The number of hydrogen-bond acceptors (Lipinski definition) is 4. The van der Waals surface area contributed by atoms with Crippen LogP contribution in [0.15, 0.2) is 40.8 Å². The number of carbonyl (C=O) groups is 1. The molecule has 1 aliphatic rings. The van der Waals surface area contributed by atoms with Gasteiger partial charge < -0.3 is 5.32 Å². The minimum atomic E-state index is -4.57. The van der Waals surface area contributed by atoms with Gasteiger partial charge in [-0.1, -0.05) is 42.3 Å². The predicted octanol–water partition coefficient (Wildman–Crippen LogP) is 7.40. The van der Waals surface area contributed by atoms with Crippen molar-refractivity contribution in [2.75, 3.05) is 12.3 Å². The molecule has 2 unspecified atom stereocenters. The number of nitrogens with zero attached hydrogens (tertiary/aromatic N) is 1. The number of benzene rings is 2. The fourth-order valence-corrected chi connectivity index (χ4v) is 6.29. The van der Waals surface area contributed by atoms with Crippen molar-refractivity contribution in [3.8, 4) is 0 Å². The minimum absolute atomic E-state index is 0.00969. The van der Waals surface area contributed by atoms with Crippen molar-refractivity contribution >= 4 is 58.5 Å². The number of halogens is 5. The summed E-state index contributed by atoms with van der Waals surface area (Å²) in [6.45, 7) is 6.35. The summed E-state index contributed by atoms with van der Waals surface area (Å²) in [5.41, 5.74) is 2.86. The lowest BCUT2D eigenvalue weighted by Crippen LogP contribution is -2.38. The van der Waals surface area contributed by atoms with E-state index in [1.165, 1.54) is 18.2 Å². The number of amides is 1. The molecule has 1 aliphatic heterocycles. The molecule has 2 aromatic rings. The van der Waals surface area contributed by atoms with Gasteiger partial charge in [-0.05, 0) is 84.5 Å². The fourth-order valence-electron chi connectivity index (χ4n) is 3.87. The Morgan fingerprint density at radius 2 is 1.88 bits per heavy atom. The largest absolute Gasteiger partial charge is 0.409 e. The summed E-state index contributed by atoms with van der Waals surface area (Å²) >= 11 is 14.1. The second kappa shape index (κ2) is 11.1. The zero-order valence-corrected chi connectivity index (χ0v) is 22.1. The molecule has 1 N–H and O–H groups in total. The topological polar surface area (TPSA) is 41.5 Å². The Morgan fingerprint density at radius 3 is 2.44 bits per heavy atom. The molecule has 3 rings (SSSR count). The molecule has 0 radical (unpaired) electrons. The highest BCUT2D eigenvalue weighted by atomic mass is 35.5. The van der Waals surface area contributed by atoms with Crippen molar-refractivity contribution in [3.63, 3.8) is 0 Å². The Kier molecular flexibility index (Phi) is 8.93. The third-order valence-electron chi connectivity index (χ3n) is 5.61. The molecule has 0 saturated heterocycles. The molecule has 0 saturated carbocycles. The first-order valence-corrected chi connectivity index (χ1v) is 13.4. The molecule has 1 heterocycles. The van der Waals surface area contributed by atoms with Gasteiger partial charge in [-0.2, -0.15) is 13.2 Å². The maximum Gasteiger partial charge on any atom is 0.409 e. The summed E-state index contributed by atoms with van der Waals surface area (Å²) in [5, 5.41) is 2.93. The molecular formula is C24H25Cl2F3N2OS2. The van der Waals surface area contributed by atoms with Crippen molar-refractivity contribution in [2.24, 2.45) is 4.40 Å². The number of thioether (sulfide) groups is 1. The van der Waals surface area contributed by atoms with Crippen LogP contribution in [0.4, 0.5) is 13.2 Å². The SMILES string of the molecule is CCNC(=O)C(Cc1ccc(C2=NSC(c3cc(Cl)cc(Cl)c3)(C(F)(F)F)C2)cc1C)SCC. The third kappa shape index (κ3) is 5.89. The third-order valence-corrected chi connectivity index (χ3v) is 8.39. The summed E-state index contributed by atoms with van der Waals surface area (Å²) < 4.78 is 45.0. The van der Waals surface area contributed by atoms with E-state index in [1.54, 1.807) is 17.8 Å². The van der Waals surface area contributed by atoms with Crippen molar-refractivity contribution in [2.45, 2.75) is 49.8 Å². The number of alkyl halides is 3. The van der Waals surface area contributed by atoms with Gasteiger partial charge in [0.2, 0.25) is 5.91 Å². The van der Waals surface area contributed by atoms with E-state index in [2.05, 4.69) is 9.71 Å². The summed E-state index contributed by atoms with van der Waals surface area (Å²) in [4.78, 5) is 12.4. The Hall–Kier alpha value is -1.35. The Bertz CT molecular complexity index is 1070. The van der Waals surface area contributed by atoms with E-state index in [0.717, 1.165) is 16.9 Å². The lowest BCUT2D eigenvalue weighted by atomic mass is 9.88. The van der Waals surface area contributed by atoms with E-state index in [4.69, 9.17) is 23.2 Å². The molecule has 2 atom stereocenters. The van der Waals surface area contributed by atoms with Crippen LogP contribution in [-0.2, 0) is 16.0 Å². The molecule has 34 heavy (non-hydrogen) atoms. The van der Waals surface area contributed by atoms with Crippen LogP contribution in [0, 0.1) is 6.92 Å². The van der Waals surface area contributed by atoms with Gasteiger partial charge in [0.1, 0.15) is 0 Å². The van der Waals surface area contributed by atoms with E-state index in [9.17, 15) is 18.0 Å². The zero-order chi connectivity index (χ0) is 25.1. The summed E-state index contributed by atoms with van der Waals surface area (Å²) in [5.74, 6) is 0.796. The van der Waals surface area contributed by atoms with Gasteiger partial charge in [-0.15, -0.1) is 11.8 Å². The lowest BCUT2D eigenvalue weighted by Gasteiger charge is -2.30. The van der Waals surface area contributed by atoms with Crippen molar-refractivity contribution in [1.29, 1.82) is 0 Å². The van der Waals surface area contributed by atoms with Gasteiger partial charge in [0, 0.05) is 23.0 Å². The fraction of sp³-hybridized carbons (Fsp3) is 0.417. The quantitative estimate of drug-likeness (QED) is 0.349. The van der Waals surface area contributed by atoms with Crippen LogP contribution in [-0.4, -0.2) is 35.3 Å². The van der Waals surface area contributed by atoms with E-state index in [1.807, 2.05) is 32.9 Å². The maximum absolute atomic E-state index is 14.3. The van der Waals surface area contributed by atoms with Gasteiger partial charge in [0.15, 0.2) is 4.75 Å². The highest BCUT2D eigenvalue weighted by Crippen LogP contribution is 2.57. The molecule has 0 bridgehead atoms. The van der Waals surface area contributed by atoms with Gasteiger partial charge in [-0.3, -0.25) is 4.79 Å². The van der Waals surface area contributed by atoms with Crippen LogP contribution in [0.3, 0.4) is 0 Å². The summed E-state index contributed by atoms with van der Waals surface area (Å²) in [7, 11) is 0. The second-order valence-electron chi connectivity index (χ2n) is 7.97. The number of hydrogen-bond donors (Lipinski definition) is 1. The molecule has 0 aliphatic carbocycles. The Balaban J connectivity index is 1.87. The maximum atomic E-state index is 14.3. The van der Waals surface area contributed by atoms with Gasteiger partial charge in [-0.25, -0.2) is 4.40 Å². The first-order chi connectivity index (χ1) is 16.0. The minimum Gasteiger partial charge on any atom is -0.355 e. The van der Waals surface area contributed by atoms with Crippen LogP contribution in [0.2, 0.25) is 10.0 Å². The molecule has 2 aromatic carbocycles. The lowest BCUT2D eigenvalue weighted by molar-refractivity contribution is -0.159. The number of carbonyl (C=O) groups excluding carboxylic acids is 1. The Labute approximate surface area is 216 Å². The predicted molar refractivity (Wildman–Crippen MR) is 138 cm³/mol. The average Bonchev–Trinajstić information content (AvgIpc) is 3.21. The normalized spacial score (nSPS) is 19.1. The molecule has 1 amide bonds. The summed E-state index contributed by atoms with van der Waals surface area (Å²) in [6.07, 6.45) is -4.35. The standard InChI is InChI=1S/C24H25Cl2F3N2OS2/c1-4-30-22(32)21(33-5-2)9-15-6-7-16(8-14(15)3)20-13-23(34-31-20,24(27,28)29)17-10-18(25)12-19(26)11-17/h6-8,10-12,21H,4-5,9,13H2,1-3H3,(H,30,32). The second-order valence-corrected chi connectivity index (χ2v) is 11.4. The van der Waals surface area contributed by atoms with Crippen LogP contribution in [0.1, 0.15) is 42.5 Å². The van der Waals surface area contributed by atoms with E-state index in [-0.39, 0.29) is 33.2 Å². The molecule has 0 fully saturated rings. The van der Waals surface area contributed by atoms with Crippen molar-refractivity contribution in [1.82, 2.24) is 5.32 Å². The smallest absolute Gasteiger partial charge is 0.355 e. The monoisotopic (exact) mass is 548 g/mol. The van der Waals surface area contributed by atoms with E-state index in [0.29, 0.717) is 36.2 Å². The average molecular weight is 550 g/mol. The molecule has 184 valence electrons. The van der Waals surface area contributed by atoms with Crippen LogP contribution < -0.4 is 5.32 Å². The summed E-state index contributed by atoms with van der Waals surface area (Å²) in [6, 6.07) is 9.51. The van der Waals surface area contributed by atoms with E-state index < -0.39 is 10.9 Å².